The molecule has 2 heterocycles. The first-order valence-corrected chi connectivity index (χ1v) is 11.0. The Labute approximate surface area is 189 Å². The topological polar surface area (TPSA) is 38.7 Å². The standard InChI is InChI=1S/C25H29N3O2S/c1-5-18-9-6-8-17(2)23(18)26-25(31)28-15-14-27-13-7-10-21(27)24(28)20-16-19(29-3)11-12-22(20)30-4/h6-13,16,24H,5,14-15H2,1-4H3,(H,26,31). The Morgan fingerprint density at radius 1 is 1.10 bits per heavy atom. The van der Waals surface area contributed by atoms with Gasteiger partial charge in [0.2, 0.25) is 0 Å². The van der Waals surface area contributed by atoms with E-state index in [9.17, 15) is 0 Å². The molecule has 0 fully saturated rings. The molecule has 31 heavy (non-hydrogen) atoms. The molecule has 0 saturated heterocycles. The molecular formula is C25H29N3O2S. The van der Waals surface area contributed by atoms with E-state index in [0.29, 0.717) is 5.11 Å². The molecule has 3 aromatic rings. The summed E-state index contributed by atoms with van der Waals surface area (Å²) in [5.74, 6) is 1.61. The molecule has 1 aliphatic rings. The van der Waals surface area contributed by atoms with Gasteiger partial charge in [0, 0.05) is 36.2 Å². The van der Waals surface area contributed by atoms with Crippen LogP contribution in [0, 0.1) is 6.92 Å². The number of thiocarbonyl (C=S) groups is 1. The van der Waals surface area contributed by atoms with E-state index in [2.05, 4.69) is 65.2 Å². The first-order chi connectivity index (χ1) is 15.1. The third-order valence-corrected chi connectivity index (χ3v) is 6.34. The average molecular weight is 436 g/mol. The smallest absolute Gasteiger partial charge is 0.174 e. The van der Waals surface area contributed by atoms with E-state index in [-0.39, 0.29) is 6.04 Å². The quantitative estimate of drug-likeness (QED) is 0.559. The average Bonchev–Trinajstić information content (AvgIpc) is 3.28. The Hall–Kier alpha value is -2.99. The van der Waals surface area contributed by atoms with Crippen molar-refractivity contribution in [1.29, 1.82) is 0 Å². The zero-order valence-electron chi connectivity index (χ0n) is 18.5. The minimum atomic E-state index is -0.0807. The maximum absolute atomic E-state index is 5.98. The summed E-state index contributed by atoms with van der Waals surface area (Å²) < 4.78 is 13.5. The van der Waals surface area contributed by atoms with Gasteiger partial charge in [-0.25, -0.2) is 0 Å². The summed E-state index contributed by atoms with van der Waals surface area (Å²) in [4.78, 5) is 2.26. The van der Waals surface area contributed by atoms with Gasteiger partial charge in [0.1, 0.15) is 17.5 Å². The highest BCUT2D eigenvalue weighted by Gasteiger charge is 2.33. The predicted molar refractivity (Wildman–Crippen MR) is 129 cm³/mol. The summed E-state index contributed by atoms with van der Waals surface area (Å²) in [6, 6.07) is 16.5. The van der Waals surface area contributed by atoms with E-state index < -0.39 is 0 Å². The summed E-state index contributed by atoms with van der Waals surface area (Å²) in [5.41, 5.74) is 5.77. The van der Waals surface area contributed by atoms with Crippen molar-refractivity contribution < 1.29 is 9.47 Å². The number of para-hydroxylation sites is 1. The first-order valence-electron chi connectivity index (χ1n) is 10.6. The van der Waals surface area contributed by atoms with Crippen molar-refractivity contribution in [3.05, 3.63) is 77.1 Å². The van der Waals surface area contributed by atoms with Crippen LogP contribution in [0.2, 0.25) is 0 Å². The molecule has 1 aromatic heterocycles. The molecule has 1 N–H and O–H groups in total. The van der Waals surface area contributed by atoms with Gasteiger partial charge < -0.3 is 24.3 Å². The molecule has 0 spiro atoms. The maximum atomic E-state index is 5.98. The first kappa shape index (κ1) is 21.2. The number of rotatable bonds is 5. The van der Waals surface area contributed by atoms with E-state index in [1.807, 2.05) is 18.2 Å². The lowest BCUT2D eigenvalue weighted by Crippen LogP contribution is -2.44. The lowest BCUT2D eigenvalue weighted by Gasteiger charge is -2.39. The minimum Gasteiger partial charge on any atom is -0.497 e. The predicted octanol–water partition coefficient (Wildman–Crippen LogP) is 5.18. The fourth-order valence-electron chi connectivity index (χ4n) is 4.36. The minimum absolute atomic E-state index is 0.0807. The summed E-state index contributed by atoms with van der Waals surface area (Å²) in [6.45, 7) is 5.96. The highest BCUT2D eigenvalue weighted by Crippen LogP contribution is 2.39. The number of aromatic nitrogens is 1. The van der Waals surface area contributed by atoms with Crippen molar-refractivity contribution in [3.8, 4) is 11.5 Å². The number of hydrogen-bond acceptors (Lipinski definition) is 3. The third kappa shape index (κ3) is 4.00. The number of ether oxygens (including phenoxy) is 2. The Balaban J connectivity index is 1.77. The lowest BCUT2D eigenvalue weighted by atomic mass is 9.98. The van der Waals surface area contributed by atoms with E-state index in [1.54, 1.807) is 14.2 Å². The molecule has 0 amide bonds. The van der Waals surface area contributed by atoms with Crippen molar-refractivity contribution in [2.24, 2.45) is 0 Å². The second-order valence-corrected chi connectivity index (χ2v) is 8.11. The molecule has 2 aromatic carbocycles. The van der Waals surface area contributed by atoms with Crippen LogP contribution in [0.5, 0.6) is 11.5 Å². The summed E-state index contributed by atoms with van der Waals surface area (Å²) in [7, 11) is 3.39. The summed E-state index contributed by atoms with van der Waals surface area (Å²) in [6.07, 6.45) is 3.07. The number of aryl methyl sites for hydroxylation is 2. The molecule has 162 valence electrons. The van der Waals surface area contributed by atoms with Crippen LogP contribution in [0.25, 0.3) is 0 Å². The maximum Gasteiger partial charge on any atom is 0.174 e. The molecule has 5 nitrogen and oxygen atoms in total. The second kappa shape index (κ2) is 9.02. The third-order valence-electron chi connectivity index (χ3n) is 6.00. The van der Waals surface area contributed by atoms with Gasteiger partial charge in [-0.2, -0.15) is 0 Å². The van der Waals surface area contributed by atoms with Crippen molar-refractivity contribution in [2.75, 3.05) is 26.1 Å². The number of benzene rings is 2. The second-order valence-electron chi connectivity index (χ2n) is 7.72. The van der Waals surface area contributed by atoms with Crippen molar-refractivity contribution in [2.45, 2.75) is 32.9 Å². The number of methoxy groups -OCH3 is 2. The largest absolute Gasteiger partial charge is 0.497 e. The van der Waals surface area contributed by atoms with Crippen molar-refractivity contribution >= 4 is 23.0 Å². The Morgan fingerprint density at radius 2 is 1.94 bits per heavy atom. The fourth-order valence-corrected chi connectivity index (χ4v) is 4.66. The van der Waals surface area contributed by atoms with Gasteiger partial charge in [0.05, 0.1) is 14.2 Å². The summed E-state index contributed by atoms with van der Waals surface area (Å²) in [5, 5.41) is 4.28. The Kier molecular flexibility index (Phi) is 6.18. The number of nitrogens with one attached hydrogen (secondary N) is 1. The number of anilines is 1. The summed E-state index contributed by atoms with van der Waals surface area (Å²) >= 11 is 5.98. The van der Waals surface area contributed by atoms with Crippen LogP contribution in [0.3, 0.4) is 0 Å². The SMILES string of the molecule is CCc1cccc(C)c1NC(=S)N1CCn2cccc2C1c1cc(OC)ccc1OC. The van der Waals surface area contributed by atoms with Crippen LogP contribution in [0.15, 0.2) is 54.7 Å². The van der Waals surface area contributed by atoms with Gasteiger partial charge in [0.15, 0.2) is 5.11 Å². The van der Waals surface area contributed by atoms with Gasteiger partial charge in [-0.1, -0.05) is 25.1 Å². The zero-order valence-corrected chi connectivity index (χ0v) is 19.3. The Bertz CT molecular complexity index is 1090. The molecule has 0 radical (unpaired) electrons. The normalized spacial score (nSPS) is 15.4. The number of hydrogen-bond donors (Lipinski definition) is 1. The van der Waals surface area contributed by atoms with Gasteiger partial charge in [-0.05, 0) is 67.0 Å². The molecule has 0 saturated carbocycles. The van der Waals surface area contributed by atoms with E-state index in [4.69, 9.17) is 21.7 Å². The van der Waals surface area contributed by atoms with E-state index in [0.717, 1.165) is 42.3 Å². The van der Waals surface area contributed by atoms with Gasteiger partial charge in [-0.15, -0.1) is 0 Å². The van der Waals surface area contributed by atoms with Crippen molar-refractivity contribution in [3.63, 3.8) is 0 Å². The van der Waals surface area contributed by atoms with Gasteiger partial charge in [-0.3, -0.25) is 0 Å². The van der Waals surface area contributed by atoms with Crippen LogP contribution in [-0.2, 0) is 13.0 Å². The van der Waals surface area contributed by atoms with Crippen LogP contribution >= 0.6 is 12.2 Å². The van der Waals surface area contributed by atoms with E-state index >= 15 is 0 Å². The molecule has 0 aliphatic carbocycles. The van der Waals surface area contributed by atoms with Crippen LogP contribution in [-0.4, -0.2) is 35.3 Å². The van der Waals surface area contributed by atoms with Gasteiger partial charge >= 0.3 is 0 Å². The molecule has 1 unspecified atom stereocenters. The number of nitrogens with zero attached hydrogens (tertiary/aromatic N) is 2. The highest BCUT2D eigenvalue weighted by molar-refractivity contribution is 7.80. The van der Waals surface area contributed by atoms with Crippen LogP contribution in [0.4, 0.5) is 5.69 Å². The monoisotopic (exact) mass is 435 g/mol. The van der Waals surface area contributed by atoms with Crippen molar-refractivity contribution in [1.82, 2.24) is 9.47 Å². The molecule has 1 atom stereocenters. The van der Waals surface area contributed by atoms with E-state index in [1.165, 1.54) is 16.8 Å². The molecule has 0 bridgehead atoms. The van der Waals surface area contributed by atoms with Crippen LogP contribution < -0.4 is 14.8 Å². The molecule has 4 rings (SSSR count). The Morgan fingerprint density at radius 3 is 2.68 bits per heavy atom. The molecule has 1 aliphatic heterocycles. The molecule has 6 heteroatoms. The van der Waals surface area contributed by atoms with Crippen LogP contribution in [0.1, 0.15) is 35.3 Å². The lowest BCUT2D eigenvalue weighted by molar-refractivity contribution is 0.284. The highest BCUT2D eigenvalue weighted by atomic mass is 32.1. The fraction of sp³-hybridized carbons (Fsp3) is 0.320. The number of fused-ring (bicyclic) bond motifs is 1. The molecular weight excluding hydrogens is 406 g/mol. The zero-order chi connectivity index (χ0) is 22.0. The van der Waals surface area contributed by atoms with Gasteiger partial charge in [0.25, 0.3) is 0 Å².